The van der Waals surface area contributed by atoms with E-state index in [1.807, 2.05) is 31.2 Å². The maximum atomic E-state index is 12.1. The summed E-state index contributed by atoms with van der Waals surface area (Å²) in [6.45, 7) is 2.68. The van der Waals surface area contributed by atoms with Gasteiger partial charge >= 0.3 is 5.97 Å². The van der Waals surface area contributed by atoms with Crippen LogP contribution >= 0.6 is 0 Å². The Balaban J connectivity index is 2.09. The molecule has 0 bridgehead atoms. The smallest absolute Gasteiger partial charge is 0.359 e. The molecule has 0 amide bonds. The molecule has 1 aliphatic heterocycles. The highest BCUT2D eigenvalue weighted by atomic mass is 16.5. The summed E-state index contributed by atoms with van der Waals surface area (Å²) in [6, 6.07) is 7.80. The summed E-state index contributed by atoms with van der Waals surface area (Å²) < 4.78 is 12.3. The summed E-state index contributed by atoms with van der Waals surface area (Å²) in [6.07, 6.45) is 2.68. The molecule has 6 heteroatoms. The third-order valence-corrected chi connectivity index (χ3v) is 4.12. The molecule has 1 fully saturated rings. The summed E-state index contributed by atoms with van der Waals surface area (Å²) in [5, 5.41) is 4.39. The number of hydrogen-bond donors (Lipinski definition) is 1. The van der Waals surface area contributed by atoms with E-state index in [1.54, 1.807) is 4.68 Å². The number of ether oxygens (including phenoxy) is 2. The van der Waals surface area contributed by atoms with Gasteiger partial charge in [0, 0.05) is 6.61 Å². The first-order valence-electron chi connectivity index (χ1n) is 7.77. The Morgan fingerprint density at radius 1 is 1.35 bits per heavy atom. The van der Waals surface area contributed by atoms with Gasteiger partial charge in [0.25, 0.3) is 0 Å². The van der Waals surface area contributed by atoms with Crippen LogP contribution in [-0.4, -0.2) is 29.5 Å². The van der Waals surface area contributed by atoms with E-state index < -0.39 is 5.97 Å². The molecule has 0 aliphatic carbocycles. The van der Waals surface area contributed by atoms with E-state index in [4.69, 9.17) is 15.2 Å². The van der Waals surface area contributed by atoms with Crippen LogP contribution in [0, 0.1) is 6.92 Å². The van der Waals surface area contributed by atoms with Gasteiger partial charge in [0.1, 0.15) is 5.82 Å². The molecule has 1 aromatic heterocycles. The lowest BCUT2D eigenvalue weighted by atomic mass is 10.0. The maximum absolute atomic E-state index is 12.1. The van der Waals surface area contributed by atoms with Gasteiger partial charge in [-0.1, -0.05) is 17.7 Å². The molecule has 3 rings (SSSR count). The zero-order valence-electron chi connectivity index (χ0n) is 13.4. The number of nitrogens with zero attached hydrogens (tertiary/aromatic N) is 2. The van der Waals surface area contributed by atoms with Gasteiger partial charge in [0.05, 0.1) is 24.5 Å². The van der Waals surface area contributed by atoms with E-state index in [1.165, 1.54) is 7.11 Å². The van der Waals surface area contributed by atoms with E-state index in [0.29, 0.717) is 18.0 Å². The number of esters is 1. The van der Waals surface area contributed by atoms with Crippen LogP contribution in [0.5, 0.6) is 0 Å². The van der Waals surface area contributed by atoms with E-state index in [2.05, 4.69) is 5.10 Å². The highest BCUT2D eigenvalue weighted by molar-refractivity contribution is 5.90. The topological polar surface area (TPSA) is 79.4 Å². The van der Waals surface area contributed by atoms with Crippen molar-refractivity contribution in [1.29, 1.82) is 0 Å². The molecular formula is C17H21N3O3. The van der Waals surface area contributed by atoms with Crippen molar-refractivity contribution < 1.29 is 14.3 Å². The van der Waals surface area contributed by atoms with Crippen molar-refractivity contribution >= 4 is 11.8 Å². The van der Waals surface area contributed by atoms with Gasteiger partial charge in [0.15, 0.2) is 5.69 Å². The number of hydrogen-bond acceptors (Lipinski definition) is 5. The van der Waals surface area contributed by atoms with Crippen molar-refractivity contribution in [3.63, 3.8) is 0 Å². The first kappa shape index (κ1) is 15.6. The van der Waals surface area contributed by atoms with Crippen LogP contribution in [0.2, 0.25) is 0 Å². The second-order valence-corrected chi connectivity index (χ2v) is 5.74. The number of benzene rings is 1. The van der Waals surface area contributed by atoms with Gasteiger partial charge in [-0.05, 0) is 38.3 Å². The second-order valence-electron chi connectivity index (χ2n) is 5.74. The molecule has 2 heterocycles. The molecule has 1 aromatic carbocycles. The van der Waals surface area contributed by atoms with Gasteiger partial charge in [-0.15, -0.1) is 0 Å². The number of carbonyl (C=O) groups excluding carboxylic acids is 1. The monoisotopic (exact) mass is 315 g/mol. The van der Waals surface area contributed by atoms with Gasteiger partial charge in [0.2, 0.25) is 0 Å². The molecule has 1 saturated heterocycles. The fourth-order valence-electron chi connectivity index (χ4n) is 2.86. The molecule has 2 N–H and O–H groups in total. The molecule has 1 aliphatic rings. The molecule has 0 spiro atoms. The molecule has 122 valence electrons. The average molecular weight is 315 g/mol. The van der Waals surface area contributed by atoms with Gasteiger partial charge in [-0.3, -0.25) is 0 Å². The number of aromatic nitrogens is 2. The molecular weight excluding hydrogens is 294 g/mol. The summed E-state index contributed by atoms with van der Waals surface area (Å²) in [5.74, 6) is -0.0621. The number of anilines is 1. The minimum absolute atomic E-state index is 0.211. The lowest BCUT2D eigenvalue weighted by molar-refractivity contribution is 0.0140. The highest BCUT2D eigenvalue weighted by Gasteiger charge is 2.30. The van der Waals surface area contributed by atoms with E-state index >= 15 is 0 Å². The molecule has 6 nitrogen and oxygen atoms in total. The van der Waals surface area contributed by atoms with E-state index in [0.717, 1.165) is 30.5 Å². The maximum Gasteiger partial charge on any atom is 0.359 e. The molecule has 1 atom stereocenters. The summed E-state index contributed by atoms with van der Waals surface area (Å²) in [5.41, 5.74) is 9.13. The van der Waals surface area contributed by atoms with Crippen molar-refractivity contribution in [1.82, 2.24) is 9.78 Å². The van der Waals surface area contributed by atoms with E-state index in [9.17, 15) is 4.79 Å². The van der Waals surface area contributed by atoms with Crippen LogP contribution < -0.4 is 5.73 Å². The van der Waals surface area contributed by atoms with Crippen molar-refractivity contribution in [2.45, 2.75) is 32.3 Å². The number of aryl methyl sites for hydroxylation is 1. The van der Waals surface area contributed by atoms with Crippen molar-refractivity contribution in [3.8, 4) is 5.69 Å². The Morgan fingerprint density at radius 3 is 2.70 bits per heavy atom. The zero-order chi connectivity index (χ0) is 16.4. The predicted molar refractivity (Wildman–Crippen MR) is 86.6 cm³/mol. The molecule has 0 radical (unpaired) electrons. The quantitative estimate of drug-likeness (QED) is 0.881. The van der Waals surface area contributed by atoms with Crippen LogP contribution in [-0.2, 0) is 9.47 Å². The highest BCUT2D eigenvalue weighted by Crippen LogP contribution is 2.35. The van der Waals surface area contributed by atoms with Crippen LogP contribution in [0.1, 0.15) is 47.0 Å². The van der Waals surface area contributed by atoms with E-state index in [-0.39, 0.29) is 11.8 Å². The van der Waals surface area contributed by atoms with Crippen LogP contribution in [0.15, 0.2) is 24.3 Å². The number of methoxy groups -OCH3 is 1. The third-order valence-electron chi connectivity index (χ3n) is 4.12. The number of carbonyl (C=O) groups is 1. The predicted octanol–water partition coefficient (Wildman–Crippen LogP) is 2.79. The van der Waals surface area contributed by atoms with Crippen molar-refractivity contribution in [2.75, 3.05) is 19.5 Å². The summed E-state index contributed by atoms with van der Waals surface area (Å²) in [7, 11) is 1.34. The molecule has 2 aromatic rings. The summed E-state index contributed by atoms with van der Waals surface area (Å²) >= 11 is 0. The molecule has 23 heavy (non-hydrogen) atoms. The first-order chi connectivity index (χ1) is 11.1. The Kier molecular flexibility index (Phi) is 4.34. The zero-order valence-corrected chi connectivity index (χ0v) is 13.4. The van der Waals surface area contributed by atoms with Gasteiger partial charge < -0.3 is 15.2 Å². The Bertz CT molecular complexity index is 701. The van der Waals surface area contributed by atoms with Gasteiger partial charge in [-0.2, -0.15) is 5.10 Å². The third kappa shape index (κ3) is 2.94. The summed E-state index contributed by atoms with van der Waals surface area (Å²) in [4.78, 5) is 12.1. The minimum Gasteiger partial charge on any atom is -0.464 e. The first-order valence-corrected chi connectivity index (χ1v) is 7.77. The van der Waals surface area contributed by atoms with Crippen LogP contribution in [0.25, 0.3) is 5.69 Å². The van der Waals surface area contributed by atoms with Crippen molar-refractivity contribution in [3.05, 3.63) is 41.1 Å². The lowest BCUT2D eigenvalue weighted by Crippen LogP contribution is -2.16. The second kappa shape index (κ2) is 6.42. The Morgan fingerprint density at radius 2 is 2.09 bits per heavy atom. The normalized spacial score (nSPS) is 17.9. The fourth-order valence-corrected chi connectivity index (χ4v) is 2.86. The molecule has 1 unspecified atom stereocenters. The van der Waals surface area contributed by atoms with Crippen LogP contribution in [0.3, 0.4) is 0 Å². The number of rotatable bonds is 3. The molecule has 0 saturated carbocycles. The number of nitrogens with two attached hydrogens (primary N) is 1. The lowest BCUT2D eigenvalue weighted by Gasteiger charge is -2.22. The van der Waals surface area contributed by atoms with Crippen molar-refractivity contribution in [2.24, 2.45) is 0 Å². The Hall–Kier alpha value is -2.34. The Labute approximate surface area is 135 Å². The minimum atomic E-state index is -0.494. The average Bonchev–Trinajstić information content (AvgIpc) is 2.93. The van der Waals surface area contributed by atoms with Crippen LogP contribution in [0.4, 0.5) is 5.82 Å². The standard InChI is InChI=1S/C17H21N3O3/c1-11-6-8-12(9-7-11)20-16(18)14(13-5-3-4-10-23-13)15(19-20)17(21)22-2/h6-9,13H,3-5,10,18H2,1-2H3. The largest absolute Gasteiger partial charge is 0.464 e. The van der Waals surface area contributed by atoms with Gasteiger partial charge in [-0.25, -0.2) is 9.48 Å². The fraction of sp³-hybridized carbons (Fsp3) is 0.412. The number of nitrogen functional groups attached to an aromatic ring is 1. The SMILES string of the molecule is COC(=O)c1nn(-c2ccc(C)cc2)c(N)c1C1CCCCO1.